The fraction of sp³-hybridized carbons (Fsp3) is 0.381. The van der Waals surface area contributed by atoms with Gasteiger partial charge in [-0.15, -0.1) is 0 Å². The lowest BCUT2D eigenvalue weighted by atomic mass is 10.1. The second-order valence-corrected chi connectivity index (χ2v) is 7.99. The number of fused-ring (bicyclic) bond motifs is 2. The molecule has 1 fully saturated rings. The van der Waals surface area contributed by atoms with Crippen LogP contribution in [0.25, 0.3) is 0 Å². The molecule has 0 saturated carbocycles. The summed E-state index contributed by atoms with van der Waals surface area (Å²) in [5, 5.41) is 3.31. The summed E-state index contributed by atoms with van der Waals surface area (Å²) in [4.78, 5) is 19.6. The molecule has 1 N–H and O–H groups in total. The molecule has 2 aromatic rings. The smallest absolute Gasteiger partial charge is 0.224 e. The first-order chi connectivity index (χ1) is 12.8. The molecule has 1 unspecified atom stereocenters. The van der Waals surface area contributed by atoms with Gasteiger partial charge in [-0.1, -0.05) is 36.0 Å². The van der Waals surface area contributed by atoms with Gasteiger partial charge in [0.15, 0.2) is 0 Å². The van der Waals surface area contributed by atoms with Crippen LogP contribution in [0.1, 0.15) is 19.3 Å². The highest BCUT2D eigenvalue weighted by molar-refractivity contribution is 7.99. The van der Waals surface area contributed by atoms with Crippen molar-refractivity contribution in [3.05, 3.63) is 48.5 Å². The van der Waals surface area contributed by atoms with Gasteiger partial charge in [0.2, 0.25) is 5.91 Å². The van der Waals surface area contributed by atoms with Crippen LogP contribution < -0.4 is 10.2 Å². The van der Waals surface area contributed by atoms with E-state index >= 15 is 0 Å². The van der Waals surface area contributed by atoms with Gasteiger partial charge in [0.25, 0.3) is 0 Å². The van der Waals surface area contributed by atoms with Crippen LogP contribution in [0.2, 0.25) is 0 Å². The average molecular weight is 368 g/mol. The summed E-state index contributed by atoms with van der Waals surface area (Å²) in [5.41, 5.74) is 2.41. The lowest BCUT2D eigenvalue weighted by Crippen LogP contribution is -2.47. The Kier molecular flexibility index (Phi) is 5.18. The predicted octanol–water partition coefficient (Wildman–Crippen LogP) is 3.89. The Morgan fingerprint density at radius 1 is 1.12 bits per heavy atom. The molecule has 2 heterocycles. The quantitative estimate of drug-likeness (QED) is 0.889. The molecule has 0 bridgehead atoms. The third kappa shape index (κ3) is 3.46. The molecule has 2 aliphatic heterocycles. The van der Waals surface area contributed by atoms with Crippen LogP contribution in [-0.4, -0.2) is 43.5 Å². The molecular formula is C21H25N3OS. The maximum absolute atomic E-state index is 12.8. The third-order valence-electron chi connectivity index (χ3n) is 5.26. The van der Waals surface area contributed by atoms with E-state index in [1.54, 1.807) is 11.8 Å². The SMILES string of the molecule is CNC1CCCN(C(=O)CCN2c3ccccc3Sc3ccccc32)C1. The fourth-order valence-electron chi connectivity index (χ4n) is 3.83. The lowest BCUT2D eigenvalue weighted by molar-refractivity contribution is -0.132. The first-order valence-electron chi connectivity index (χ1n) is 9.35. The number of likely N-dealkylation sites (N-methyl/N-ethyl adjacent to an activating group) is 1. The Hall–Kier alpha value is -1.98. The molecular weight excluding hydrogens is 342 g/mol. The number of nitrogens with one attached hydrogen (secondary N) is 1. The second kappa shape index (κ2) is 7.72. The van der Waals surface area contributed by atoms with Crippen molar-refractivity contribution in [3.63, 3.8) is 0 Å². The number of anilines is 2. The van der Waals surface area contributed by atoms with Crippen LogP contribution in [0.5, 0.6) is 0 Å². The monoisotopic (exact) mass is 367 g/mol. The standard InChI is InChI=1S/C21H25N3OS/c1-22-16-7-6-13-23(15-16)21(25)12-14-24-17-8-2-4-10-19(17)26-20-11-5-3-9-18(20)24/h2-5,8-11,16,22H,6-7,12-15H2,1H3. The number of benzene rings is 2. The predicted molar refractivity (Wildman–Crippen MR) is 107 cm³/mol. The van der Waals surface area contributed by atoms with Crippen LogP contribution in [0.3, 0.4) is 0 Å². The van der Waals surface area contributed by atoms with Crippen molar-refractivity contribution < 1.29 is 4.79 Å². The van der Waals surface area contributed by atoms with Crippen molar-refractivity contribution in [1.82, 2.24) is 10.2 Å². The number of rotatable bonds is 4. The molecule has 2 aromatic carbocycles. The van der Waals surface area contributed by atoms with Crippen molar-refractivity contribution in [1.29, 1.82) is 0 Å². The Bertz CT molecular complexity index is 749. The summed E-state index contributed by atoms with van der Waals surface area (Å²) in [6, 6.07) is 17.4. The molecule has 136 valence electrons. The van der Waals surface area contributed by atoms with E-state index in [1.807, 2.05) is 11.9 Å². The van der Waals surface area contributed by atoms with Crippen LogP contribution in [-0.2, 0) is 4.79 Å². The van der Waals surface area contributed by atoms with E-state index < -0.39 is 0 Å². The van der Waals surface area contributed by atoms with Crippen molar-refractivity contribution in [2.45, 2.75) is 35.1 Å². The molecule has 1 amide bonds. The van der Waals surface area contributed by atoms with E-state index in [0.717, 1.165) is 25.9 Å². The van der Waals surface area contributed by atoms with Crippen LogP contribution in [0, 0.1) is 0 Å². The molecule has 4 rings (SSSR count). The number of para-hydroxylation sites is 2. The van der Waals surface area contributed by atoms with Gasteiger partial charge in [-0.3, -0.25) is 4.79 Å². The lowest BCUT2D eigenvalue weighted by Gasteiger charge is -2.35. The topological polar surface area (TPSA) is 35.6 Å². The average Bonchev–Trinajstić information content (AvgIpc) is 2.71. The number of likely N-dealkylation sites (tertiary alicyclic amines) is 1. The number of piperidine rings is 1. The third-order valence-corrected chi connectivity index (χ3v) is 6.39. The molecule has 0 aliphatic carbocycles. The van der Waals surface area contributed by atoms with Gasteiger partial charge in [-0.05, 0) is 44.2 Å². The summed E-state index contributed by atoms with van der Waals surface area (Å²) in [5.74, 6) is 0.262. The number of carbonyl (C=O) groups excluding carboxylic acids is 1. The summed E-state index contributed by atoms with van der Waals surface area (Å²) < 4.78 is 0. The zero-order chi connectivity index (χ0) is 17.9. The van der Waals surface area contributed by atoms with E-state index in [9.17, 15) is 4.79 Å². The highest BCUT2D eigenvalue weighted by Crippen LogP contribution is 2.47. The van der Waals surface area contributed by atoms with Crippen molar-refractivity contribution >= 4 is 29.0 Å². The van der Waals surface area contributed by atoms with Crippen LogP contribution in [0.4, 0.5) is 11.4 Å². The second-order valence-electron chi connectivity index (χ2n) is 6.91. The van der Waals surface area contributed by atoms with Gasteiger partial charge in [0.05, 0.1) is 11.4 Å². The van der Waals surface area contributed by atoms with E-state index in [2.05, 4.69) is 58.7 Å². The van der Waals surface area contributed by atoms with E-state index in [1.165, 1.54) is 21.2 Å². The number of carbonyl (C=O) groups is 1. The first kappa shape index (κ1) is 17.4. The van der Waals surface area contributed by atoms with E-state index in [0.29, 0.717) is 19.0 Å². The molecule has 26 heavy (non-hydrogen) atoms. The molecule has 2 aliphatic rings. The zero-order valence-corrected chi connectivity index (χ0v) is 16.0. The van der Waals surface area contributed by atoms with Crippen molar-refractivity contribution in [2.24, 2.45) is 0 Å². The molecule has 1 saturated heterocycles. The number of hydrogen-bond donors (Lipinski definition) is 1. The van der Waals surface area contributed by atoms with Gasteiger partial charge in [-0.25, -0.2) is 0 Å². The van der Waals surface area contributed by atoms with Gasteiger partial charge in [0, 0.05) is 41.9 Å². The van der Waals surface area contributed by atoms with E-state index in [-0.39, 0.29) is 5.91 Å². The summed E-state index contributed by atoms with van der Waals surface area (Å²) in [7, 11) is 1.98. The molecule has 0 spiro atoms. The van der Waals surface area contributed by atoms with Gasteiger partial charge >= 0.3 is 0 Å². The summed E-state index contributed by atoms with van der Waals surface area (Å²) in [6.45, 7) is 2.44. The number of amides is 1. The Labute approximate surface area is 159 Å². The first-order valence-corrected chi connectivity index (χ1v) is 10.2. The van der Waals surface area contributed by atoms with Crippen molar-refractivity contribution in [2.75, 3.05) is 31.6 Å². The number of hydrogen-bond acceptors (Lipinski definition) is 4. The largest absolute Gasteiger partial charge is 0.341 e. The molecule has 5 heteroatoms. The van der Waals surface area contributed by atoms with E-state index in [4.69, 9.17) is 0 Å². The fourth-order valence-corrected chi connectivity index (χ4v) is 4.92. The zero-order valence-electron chi connectivity index (χ0n) is 15.1. The highest BCUT2D eigenvalue weighted by Gasteiger charge is 2.26. The molecule has 0 radical (unpaired) electrons. The maximum atomic E-state index is 12.8. The molecule has 4 nitrogen and oxygen atoms in total. The van der Waals surface area contributed by atoms with Gasteiger partial charge in [-0.2, -0.15) is 0 Å². The minimum atomic E-state index is 0.262. The molecule has 1 atom stereocenters. The maximum Gasteiger partial charge on any atom is 0.224 e. The summed E-state index contributed by atoms with van der Waals surface area (Å²) in [6.07, 6.45) is 2.79. The Morgan fingerprint density at radius 3 is 2.42 bits per heavy atom. The number of nitrogens with zero attached hydrogens (tertiary/aromatic N) is 2. The van der Waals surface area contributed by atoms with Crippen LogP contribution >= 0.6 is 11.8 Å². The highest BCUT2D eigenvalue weighted by atomic mass is 32.2. The molecule has 0 aromatic heterocycles. The Balaban J connectivity index is 1.50. The minimum Gasteiger partial charge on any atom is -0.341 e. The summed E-state index contributed by atoms with van der Waals surface area (Å²) >= 11 is 1.81. The minimum absolute atomic E-state index is 0.262. The van der Waals surface area contributed by atoms with Gasteiger partial charge in [0.1, 0.15) is 0 Å². The van der Waals surface area contributed by atoms with Crippen LogP contribution in [0.15, 0.2) is 58.3 Å². The van der Waals surface area contributed by atoms with Crippen molar-refractivity contribution in [3.8, 4) is 0 Å². The Morgan fingerprint density at radius 2 is 1.77 bits per heavy atom. The normalized spacial score (nSPS) is 19.0. The van der Waals surface area contributed by atoms with Gasteiger partial charge < -0.3 is 15.1 Å².